The summed E-state index contributed by atoms with van der Waals surface area (Å²) in [5, 5.41) is 6.39. The molecule has 29 heavy (non-hydrogen) atoms. The quantitative estimate of drug-likeness (QED) is 0.371. The number of para-hydroxylation sites is 1. The lowest BCUT2D eigenvalue weighted by Crippen LogP contribution is -2.38. The molecule has 0 radical (unpaired) electrons. The fraction of sp³-hybridized carbons (Fsp3) is 0.381. The number of nitrogens with zero attached hydrogens (tertiary/aromatic N) is 2. The van der Waals surface area contributed by atoms with E-state index in [0.29, 0.717) is 25.7 Å². The van der Waals surface area contributed by atoms with Gasteiger partial charge in [0.2, 0.25) is 10.0 Å². The highest BCUT2D eigenvalue weighted by Gasteiger charge is 2.22. The van der Waals surface area contributed by atoms with Gasteiger partial charge in [-0.3, -0.25) is 4.99 Å². The van der Waals surface area contributed by atoms with Gasteiger partial charge in [0.15, 0.2) is 5.96 Å². The van der Waals surface area contributed by atoms with Crippen molar-refractivity contribution >= 4 is 16.0 Å². The van der Waals surface area contributed by atoms with Crippen molar-refractivity contribution in [3.05, 3.63) is 60.2 Å². The van der Waals surface area contributed by atoms with Crippen molar-refractivity contribution in [2.24, 2.45) is 4.99 Å². The fourth-order valence-electron chi connectivity index (χ4n) is 2.48. The molecule has 158 valence electrons. The van der Waals surface area contributed by atoms with Crippen LogP contribution in [0.4, 0.5) is 0 Å². The molecule has 0 aliphatic carbocycles. The summed E-state index contributed by atoms with van der Waals surface area (Å²) in [5.41, 5.74) is 0.958. The number of guanidine groups is 1. The van der Waals surface area contributed by atoms with Crippen molar-refractivity contribution in [1.82, 2.24) is 14.9 Å². The van der Waals surface area contributed by atoms with E-state index in [1.165, 1.54) is 4.31 Å². The lowest BCUT2D eigenvalue weighted by Gasteiger charge is -2.21. The summed E-state index contributed by atoms with van der Waals surface area (Å²) in [4.78, 5) is 4.47. The molecule has 0 saturated heterocycles. The molecule has 2 aromatic carbocycles. The second kappa shape index (κ2) is 10.8. The van der Waals surface area contributed by atoms with Crippen LogP contribution >= 0.6 is 0 Å². The van der Waals surface area contributed by atoms with Gasteiger partial charge in [-0.15, -0.1) is 0 Å². The zero-order valence-electron chi connectivity index (χ0n) is 17.4. The first-order valence-electron chi connectivity index (χ1n) is 9.54. The van der Waals surface area contributed by atoms with Crippen LogP contribution in [0.1, 0.15) is 19.4 Å². The summed E-state index contributed by atoms with van der Waals surface area (Å²) in [6.07, 6.45) is 0. The number of aliphatic imine (C=N–C) groups is 1. The minimum atomic E-state index is -3.47. The minimum Gasteiger partial charge on any atom is -0.492 e. The van der Waals surface area contributed by atoms with Crippen molar-refractivity contribution in [3.8, 4) is 5.75 Å². The summed E-state index contributed by atoms with van der Waals surface area (Å²) < 4.78 is 32.0. The molecular formula is C21H30N4O3S. The lowest BCUT2D eigenvalue weighted by molar-refractivity contribution is 0.322. The SMILES string of the molecule is CN=C(NCCOc1ccccc1)NCc1ccc(S(=O)(=O)N(C)C(C)C)cc1. The van der Waals surface area contributed by atoms with Gasteiger partial charge < -0.3 is 15.4 Å². The van der Waals surface area contributed by atoms with Crippen LogP contribution in [-0.4, -0.2) is 52.0 Å². The molecule has 0 bridgehead atoms. The van der Waals surface area contributed by atoms with Crippen LogP contribution in [0.5, 0.6) is 5.75 Å². The molecule has 2 rings (SSSR count). The number of nitrogens with one attached hydrogen (secondary N) is 2. The third-order valence-electron chi connectivity index (χ3n) is 4.42. The van der Waals surface area contributed by atoms with E-state index in [4.69, 9.17) is 4.74 Å². The topological polar surface area (TPSA) is 83.0 Å². The largest absolute Gasteiger partial charge is 0.492 e. The standard InChI is InChI=1S/C21H30N4O3S/c1-17(2)25(4)29(26,27)20-12-10-18(11-13-20)16-24-21(22-3)23-14-15-28-19-8-6-5-7-9-19/h5-13,17H,14-16H2,1-4H3,(H2,22,23,24). The van der Waals surface area contributed by atoms with E-state index in [0.717, 1.165) is 11.3 Å². The van der Waals surface area contributed by atoms with E-state index in [1.807, 2.05) is 44.2 Å². The average molecular weight is 419 g/mol. The van der Waals surface area contributed by atoms with E-state index in [9.17, 15) is 8.42 Å². The molecule has 0 aromatic heterocycles. The van der Waals surface area contributed by atoms with Crippen LogP contribution < -0.4 is 15.4 Å². The third-order valence-corrected chi connectivity index (χ3v) is 6.47. The molecule has 2 N–H and O–H groups in total. The van der Waals surface area contributed by atoms with E-state index in [-0.39, 0.29) is 10.9 Å². The van der Waals surface area contributed by atoms with Gasteiger partial charge in [0.1, 0.15) is 12.4 Å². The lowest BCUT2D eigenvalue weighted by atomic mass is 10.2. The highest BCUT2D eigenvalue weighted by Crippen LogP contribution is 2.17. The molecule has 0 spiro atoms. The number of hydrogen-bond acceptors (Lipinski definition) is 4. The van der Waals surface area contributed by atoms with Crippen LogP contribution in [0, 0.1) is 0 Å². The Bertz CT molecular complexity index is 882. The first kappa shape index (κ1) is 22.7. The summed E-state index contributed by atoms with van der Waals surface area (Å²) in [6, 6.07) is 16.4. The summed E-state index contributed by atoms with van der Waals surface area (Å²) in [5.74, 6) is 1.48. The molecule has 0 aliphatic heterocycles. The first-order chi connectivity index (χ1) is 13.8. The monoisotopic (exact) mass is 418 g/mol. The predicted molar refractivity (Wildman–Crippen MR) is 117 cm³/mol. The number of sulfonamides is 1. The zero-order valence-corrected chi connectivity index (χ0v) is 18.2. The molecule has 7 nitrogen and oxygen atoms in total. The normalized spacial score (nSPS) is 12.3. The molecule has 8 heteroatoms. The third kappa shape index (κ3) is 6.76. The average Bonchev–Trinajstić information content (AvgIpc) is 2.73. The van der Waals surface area contributed by atoms with Crippen LogP contribution in [0.25, 0.3) is 0 Å². The van der Waals surface area contributed by atoms with Gasteiger partial charge >= 0.3 is 0 Å². The Hall–Kier alpha value is -2.58. The molecule has 0 aliphatic rings. The van der Waals surface area contributed by atoms with Gasteiger partial charge in [-0.05, 0) is 43.7 Å². The van der Waals surface area contributed by atoms with Crippen LogP contribution in [-0.2, 0) is 16.6 Å². The molecule has 0 amide bonds. The van der Waals surface area contributed by atoms with Crippen LogP contribution in [0.3, 0.4) is 0 Å². The second-order valence-electron chi connectivity index (χ2n) is 6.77. The number of ether oxygens (including phenoxy) is 1. The van der Waals surface area contributed by atoms with Gasteiger partial charge in [0.05, 0.1) is 11.4 Å². The van der Waals surface area contributed by atoms with Gasteiger partial charge in [-0.25, -0.2) is 8.42 Å². The molecule has 0 atom stereocenters. The molecular weight excluding hydrogens is 388 g/mol. The molecule has 0 saturated carbocycles. The summed E-state index contributed by atoms with van der Waals surface area (Å²) in [6.45, 7) is 5.34. The van der Waals surface area contributed by atoms with E-state index < -0.39 is 10.0 Å². The van der Waals surface area contributed by atoms with Crippen LogP contribution in [0.15, 0.2) is 64.5 Å². The predicted octanol–water partition coefficient (Wildman–Crippen LogP) is 2.46. The summed E-state index contributed by atoms with van der Waals surface area (Å²) >= 11 is 0. The number of rotatable bonds is 9. The van der Waals surface area contributed by atoms with Crippen molar-refractivity contribution < 1.29 is 13.2 Å². The van der Waals surface area contributed by atoms with Gasteiger partial charge in [0.25, 0.3) is 0 Å². The van der Waals surface area contributed by atoms with E-state index in [2.05, 4.69) is 15.6 Å². The molecule has 2 aromatic rings. The minimum absolute atomic E-state index is 0.0957. The van der Waals surface area contributed by atoms with Crippen molar-refractivity contribution in [3.63, 3.8) is 0 Å². The van der Waals surface area contributed by atoms with E-state index >= 15 is 0 Å². The maximum absolute atomic E-state index is 12.5. The molecule has 0 fully saturated rings. The van der Waals surface area contributed by atoms with Crippen LogP contribution in [0.2, 0.25) is 0 Å². The van der Waals surface area contributed by atoms with Gasteiger partial charge in [0, 0.05) is 26.7 Å². The number of hydrogen-bond donors (Lipinski definition) is 2. The Kier molecular flexibility index (Phi) is 8.48. The second-order valence-corrected chi connectivity index (χ2v) is 8.77. The van der Waals surface area contributed by atoms with Crippen molar-refractivity contribution in [2.75, 3.05) is 27.2 Å². The van der Waals surface area contributed by atoms with Gasteiger partial charge in [-0.1, -0.05) is 30.3 Å². The maximum Gasteiger partial charge on any atom is 0.243 e. The van der Waals surface area contributed by atoms with Gasteiger partial charge in [-0.2, -0.15) is 4.31 Å². The highest BCUT2D eigenvalue weighted by atomic mass is 32.2. The smallest absolute Gasteiger partial charge is 0.243 e. The first-order valence-corrected chi connectivity index (χ1v) is 11.0. The molecule has 0 heterocycles. The fourth-order valence-corrected chi connectivity index (χ4v) is 3.85. The zero-order chi connectivity index (χ0) is 21.3. The Labute approximate surface area is 173 Å². The summed E-state index contributed by atoms with van der Waals surface area (Å²) in [7, 11) is -0.177. The Morgan fingerprint density at radius 1 is 1.07 bits per heavy atom. The maximum atomic E-state index is 12.5. The van der Waals surface area contributed by atoms with Crippen molar-refractivity contribution in [1.29, 1.82) is 0 Å². The number of benzene rings is 2. The Morgan fingerprint density at radius 3 is 2.31 bits per heavy atom. The highest BCUT2D eigenvalue weighted by molar-refractivity contribution is 7.89. The van der Waals surface area contributed by atoms with E-state index in [1.54, 1.807) is 38.4 Å². The van der Waals surface area contributed by atoms with Crippen molar-refractivity contribution in [2.45, 2.75) is 31.3 Å². The molecule has 0 unspecified atom stereocenters. The Balaban J connectivity index is 1.82. The Morgan fingerprint density at radius 2 is 1.72 bits per heavy atom.